The van der Waals surface area contributed by atoms with Crippen molar-refractivity contribution >= 4 is 5.91 Å². The molecule has 102 valence electrons. The van der Waals surface area contributed by atoms with Crippen molar-refractivity contribution in [1.82, 2.24) is 15.1 Å². The molecule has 5 nitrogen and oxygen atoms in total. The molecule has 1 heterocycles. The summed E-state index contributed by atoms with van der Waals surface area (Å²) >= 11 is 0. The number of primary amides is 1. The molecule has 1 aromatic heterocycles. The normalized spacial score (nSPS) is 14.4. The molecule has 18 heavy (non-hydrogen) atoms. The van der Waals surface area contributed by atoms with Crippen molar-refractivity contribution in [3.63, 3.8) is 0 Å². The Kier molecular flexibility index (Phi) is 4.90. The number of hydrogen-bond donors (Lipinski definition) is 2. The van der Waals surface area contributed by atoms with E-state index < -0.39 is 5.54 Å². The number of nitrogens with two attached hydrogens (primary N) is 1. The molecule has 0 radical (unpaired) electrons. The smallest absolute Gasteiger partial charge is 0.237 e. The maximum Gasteiger partial charge on any atom is 0.237 e. The molecule has 0 fully saturated rings. The number of aromatic nitrogens is 2. The summed E-state index contributed by atoms with van der Waals surface area (Å²) in [6.45, 7) is 6.78. The highest BCUT2D eigenvalue weighted by Crippen LogP contribution is 2.14. The molecule has 3 N–H and O–H groups in total. The van der Waals surface area contributed by atoms with Gasteiger partial charge in [0, 0.05) is 12.2 Å². The molecule has 1 amide bonds. The van der Waals surface area contributed by atoms with Gasteiger partial charge in [-0.3, -0.25) is 9.48 Å². The van der Waals surface area contributed by atoms with Crippen LogP contribution in [0.15, 0.2) is 6.07 Å². The van der Waals surface area contributed by atoms with E-state index in [9.17, 15) is 4.79 Å². The predicted octanol–water partition coefficient (Wildman–Crippen LogP) is 1.13. The predicted molar refractivity (Wildman–Crippen MR) is 72.2 cm³/mol. The first-order valence-electron chi connectivity index (χ1n) is 6.39. The van der Waals surface area contributed by atoms with Gasteiger partial charge in [-0.2, -0.15) is 5.10 Å². The van der Waals surface area contributed by atoms with Gasteiger partial charge in [0.05, 0.1) is 11.2 Å². The van der Waals surface area contributed by atoms with Gasteiger partial charge >= 0.3 is 0 Å². The van der Waals surface area contributed by atoms with E-state index in [1.54, 1.807) is 7.05 Å². The Balaban J connectivity index is 2.39. The van der Waals surface area contributed by atoms with Gasteiger partial charge in [-0.15, -0.1) is 0 Å². The second-order valence-corrected chi connectivity index (χ2v) is 5.05. The summed E-state index contributed by atoms with van der Waals surface area (Å²) in [4.78, 5) is 11.3. The Morgan fingerprint density at radius 1 is 1.50 bits per heavy atom. The molecule has 1 atom stereocenters. The lowest BCUT2D eigenvalue weighted by Gasteiger charge is -2.25. The topological polar surface area (TPSA) is 72.9 Å². The summed E-state index contributed by atoms with van der Waals surface area (Å²) in [7, 11) is 1.77. The lowest BCUT2D eigenvalue weighted by atomic mass is 9.94. The third kappa shape index (κ3) is 3.57. The van der Waals surface area contributed by atoms with E-state index in [1.165, 1.54) is 5.69 Å². The minimum Gasteiger partial charge on any atom is -0.368 e. The van der Waals surface area contributed by atoms with Crippen LogP contribution in [0.5, 0.6) is 0 Å². The quantitative estimate of drug-likeness (QED) is 0.715. The van der Waals surface area contributed by atoms with Gasteiger partial charge in [0.15, 0.2) is 0 Å². The minimum absolute atomic E-state index is 0.295. The number of carbonyl (C=O) groups is 1. The maximum absolute atomic E-state index is 11.3. The summed E-state index contributed by atoms with van der Waals surface area (Å²) in [5, 5.41) is 7.40. The second-order valence-electron chi connectivity index (χ2n) is 5.05. The summed E-state index contributed by atoms with van der Waals surface area (Å²) in [6, 6.07) is 2.07. The number of nitrogens with one attached hydrogen (secondary N) is 1. The van der Waals surface area contributed by atoms with Crippen LogP contribution in [0.1, 0.15) is 37.6 Å². The third-order valence-corrected chi connectivity index (χ3v) is 3.50. The number of amides is 1. The zero-order chi connectivity index (χ0) is 13.8. The number of nitrogens with zero attached hydrogens (tertiary/aromatic N) is 2. The zero-order valence-electron chi connectivity index (χ0n) is 11.8. The second kappa shape index (κ2) is 6.00. The third-order valence-electron chi connectivity index (χ3n) is 3.50. The molecular weight excluding hydrogens is 228 g/mol. The average molecular weight is 252 g/mol. The van der Waals surface area contributed by atoms with E-state index in [2.05, 4.69) is 23.4 Å². The summed E-state index contributed by atoms with van der Waals surface area (Å²) in [5.74, 6) is -0.295. The minimum atomic E-state index is -0.602. The van der Waals surface area contributed by atoms with Crippen LogP contribution in [-0.4, -0.2) is 28.3 Å². The molecule has 5 heteroatoms. The molecule has 0 aliphatic heterocycles. The molecule has 0 aliphatic carbocycles. The first-order chi connectivity index (χ1) is 8.39. The van der Waals surface area contributed by atoms with Gasteiger partial charge in [0.1, 0.15) is 0 Å². The van der Waals surface area contributed by atoms with Crippen LogP contribution < -0.4 is 11.1 Å². The zero-order valence-corrected chi connectivity index (χ0v) is 11.8. The van der Waals surface area contributed by atoms with E-state index in [0.717, 1.165) is 31.5 Å². The van der Waals surface area contributed by atoms with Crippen LogP contribution >= 0.6 is 0 Å². The molecule has 0 aliphatic rings. The van der Waals surface area contributed by atoms with Gasteiger partial charge in [-0.05, 0) is 53.1 Å². The van der Waals surface area contributed by atoms with Crippen molar-refractivity contribution in [1.29, 1.82) is 0 Å². The Bertz CT molecular complexity index is 413. The lowest BCUT2D eigenvalue weighted by molar-refractivity contribution is -0.123. The molecule has 1 rings (SSSR count). The van der Waals surface area contributed by atoms with Gasteiger partial charge in [0.25, 0.3) is 0 Å². The van der Waals surface area contributed by atoms with Crippen LogP contribution in [0.3, 0.4) is 0 Å². The SMILES string of the molecule is CNC(C)(CCCCn1nc(C)cc1C)C(N)=O. The van der Waals surface area contributed by atoms with Crippen LogP contribution in [-0.2, 0) is 11.3 Å². The Morgan fingerprint density at radius 2 is 2.17 bits per heavy atom. The summed E-state index contributed by atoms with van der Waals surface area (Å²) in [6.07, 6.45) is 2.68. The van der Waals surface area contributed by atoms with Crippen molar-refractivity contribution in [3.05, 3.63) is 17.5 Å². The number of carbonyl (C=O) groups excluding carboxylic acids is 1. The highest BCUT2D eigenvalue weighted by molar-refractivity contribution is 5.84. The number of rotatable bonds is 7. The molecular formula is C13H24N4O. The standard InChI is InChI=1S/C13H24N4O/c1-10-9-11(2)17(16-10)8-6-5-7-13(3,15-4)12(14)18/h9,15H,5-8H2,1-4H3,(H2,14,18). The molecule has 0 aromatic carbocycles. The number of aryl methyl sites for hydroxylation is 3. The van der Waals surface area contributed by atoms with E-state index in [1.807, 2.05) is 18.5 Å². The molecule has 0 saturated heterocycles. The van der Waals surface area contributed by atoms with Gasteiger partial charge < -0.3 is 11.1 Å². The van der Waals surface area contributed by atoms with Crippen molar-refractivity contribution < 1.29 is 4.79 Å². The number of likely N-dealkylation sites (N-methyl/N-ethyl adjacent to an activating group) is 1. The molecule has 0 saturated carbocycles. The number of hydrogen-bond acceptors (Lipinski definition) is 3. The van der Waals surface area contributed by atoms with Crippen molar-refractivity contribution in [2.45, 2.75) is 52.1 Å². The molecule has 0 spiro atoms. The van der Waals surface area contributed by atoms with Crippen molar-refractivity contribution in [3.8, 4) is 0 Å². The van der Waals surface area contributed by atoms with Gasteiger partial charge in [-0.1, -0.05) is 0 Å². The van der Waals surface area contributed by atoms with Gasteiger partial charge in [0.2, 0.25) is 5.91 Å². The fourth-order valence-corrected chi connectivity index (χ4v) is 2.01. The highest BCUT2D eigenvalue weighted by Gasteiger charge is 2.27. The highest BCUT2D eigenvalue weighted by atomic mass is 16.1. The fraction of sp³-hybridized carbons (Fsp3) is 0.692. The molecule has 1 aromatic rings. The van der Waals surface area contributed by atoms with E-state index in [4.69, 9.17) is 5.73 Å². The Labute approximate surface area is 109 Å². The van der Waals surface area contributed by atoms with Gasteiger partial charge in [-0.25, -0.2) is 0 Å². The summed E-state index contributed by atoms with van der Waals surface area (Å²) in [5.41, 5.74) is 7.01. The first-order valence-corrected chi connectivity index (χ1v) is 6.39. The van der Waals surface area contributed by atoms with E-state index in [0.29, 0.717) is 0 Å². The Morgan fingerprint density at radius 3 is 2.61 bits per heavy atom. The van der Waals surface area contributed by atoms with Crippen LogP contribution in [0.4, 0.5) is 0 Å². The van der Waals surface area contributed by atoms with Crippen molar-refractivity contribution in [2.75, 3.05) is 7.05 Å². The van der Waals surface area contributed by atoms with E-state index >= 15 is 0 Å². The van der Waals surface area contributed by atoms with Crippen LogP contribution in [0.25, 0.3) is 0 Å². The van der Waals surface area contributed by atoms with Crippen LogP contribution in [0, 0.1) is 13.8 Å². The average Bonchev–Trinajstić information content (AvgIpc) is 2.63. The monoisotopic (exact) mass is 252 g/mol. The van der Waals surface area contributed by atoms with E-state index in [-0.39, 0.29) is 5.91 Å². The fourth-order valence-electron chi connectivity index (χ4n) is 2.01. The van der Waals surface area contributed by atoms with Crippen molar-refractivity contribution in [2.24, 2.45) is 5.73 Å². The largest absolute Gasteiger partial charge is 0.368 e. The first kappa shape index (κ1) is 14.7. The molecule has 0 bridgehead atoms. The van der Waals surface area contributed by atoms with Crippen LogP contribution in [0.2, 0.25) is 0 Å². The maximum atomic E-state index is 11.3. The number of unbranched alkanes of at least 4 members (excludes halogenated alkanes) is 1. The summed E-state index contributed by atoms with van der Waals surface area (Å²) < 4.78 is 2.01. The Hall–Kier alpha value is -1.36. The lowest BCUT2D eigenvalue weighted by Crippen LogP contribution is -2.51. The molecule has 1 unspecified atom stereocenters.